The molecular formula is C18H31BN2O2. The van der Waals surface area contributed by atoms with Crippen molar-refractivity contribution in [2.45, 2.75) is 76.6 Å². The topological polar surface area (TPSA) is 66.6 Å². The highest BCUT2D eigenvalue weighted by Gasteiger charge is 2.55. The predicted molar refractivity (Wildman–Crippen MR) is 91.8 cm³/mol. The van der Waals surface area contributed by atoms with E-state index in [1.807, 2.05) is 11.7 Å². The van der Waals surface area contributed by atoms with E-state index in [9.17, 15) is 9.82 Å². The number of rotatable bonds is 3. The molecule has 3 N–H and O–H groups in total. The van der Waals surface area contributed by atoms with Crippen LogP contribution in [0, 0.1) is 23.2 Å². The minimum Gasteiger partial charge on any atom is -0.449 e. The van der Waals surface area contributed by atoms with Gasteiger partial charge in [-0.3, -0.25) is 4.79 Å². The quantitative estimate of drug-likeness (QED) is 0.783. The van der Waals surface area contributed by atoms with E-state index < -0.39 is 6.92 Å². The molecule has 0 radical (unpaired) electrons. The van der Waals surface area contributed by atoms with Crippen LogP contribution >= 0.6 is 0 Å². The minimum atomic E-state index is -0.456. The summed E-state index contributed by atoms with van der Waals surface area (Å²) in [5, 5.41) is 10.1. The van der Waals surface area contributed by atoms with E-state index in [4.69, 9.17) is 5.73 Å². The van der Waals surface area contributed by atoms with Gasteiger partial charge in [0.2, 0.25) is 5.91 Å². The number of carbonyl (C=O) groups is 1. The van der Waals surface area contributed by atoms with Crippen LogP contribution in [0.4, 0.5) is 0 Å². The SMILES string of the molecule is CB(O)[C@@H]1CCCCN1C(=O)[C@@H](N)C12CC3CC(CC(C3)C1)C2. The highest BCUT2D eigenvalue weighted by molar-refractivity contribution is 6.51. The fourth-order valence-corrected chi connectivity index (χ4v) is 6.73. The Hall–Kier alpha value is -0.545. The Balaban J connectivity index is 1.54. The van der Waals surface area contributed by atoms with Crippen molar-refractivity contribution >= 4 is 12.8 Å². The lowest BCUT2D eigenvalue weighted by Gasteiger charge is -2.59. The fraction of sp³-hybridized carbons (Fsp3) is 0.944. The van der Waals surface area contributed by atoms with E-state index in [2.05, 4.69) is 0 Å². The zero-order valence-corrected chi connectivity index (χ0v) is 14.4. The van der Waals surface area contributed by atoms with Gasteiger partial charge in [-0.15, -0.1) is 0 Å². The second-order valence-corrected chi connectivity index (χ2v) is 9.09. The normalized spacial score (nSPS) is 43.5. The molecular weight excluding hydrogens is 287 g/mol. The largest absolute Gasteiger partial charge is 0.449 e. The maximum absolute atomic E-state index is 13.2. The molecule has 0 aromatic rings. The molecule has 1 saturated heterocycles. The average Bonchev–Trinajstić information content (AvgIpc) is 2.52. The summed E-state index contributed by atoms with van der Waals surface area (Å²) in [4.78, 5) is 15.1. The Morgan fingerprint density at radius 3 is 2.26 bits per heavy atom. The summed E-state index contributed by atoms with van der Waals surface area (Å²) in [7, 11) is 0. The summed E-state index contributed by atoms with van der Waals surface area (Å²) in [5.74, 6) is 2.53. The highest BCUT2D eigenvalue weighted by atomic mass is 16.2. The van der Waals surface area contributed by atoms with Crippen molar-refractivity contribution in [3.05, 3.63) is 0 Å². The zero-order valence-electron chi connectivity index (χ0n) is 14.4. The van der Waals surface area contributed by atoms with Crippen molar-refractivity contribution in [2.24, 2.45) is 28.9 Å². The monoisotopic (exact) mass is 318 g/mol. The Morgan fingerprint density at radius 2 is 1.74 bits per heavy atom. The van der Waals surface area contributed by atoms with Crippen molar-refractivity contribution in [3.8, 4) is 0 Å². The van der Waals surface area contributed by atoms with E-state index in [1.54, 1.807) is 0 Å². The first-order valence-corrected chi connectivity index (χ1v) is 9.72. The van der Waals surface area contributed by atoms with Crippen LogP contribution in [0.15, 0.2) is 0 Å². The molecule has 5 heteroatoms. The van der Waals surface area contributed by atoms with Gasteiger partial charge in [0.05, 0.1) is 6.04 Å². The number of carbonyl (C=O) groups excluding carboxylic acids is 1. The van der Waals surface area contributed by atoms with Gasteiger partial charge in [-0.25, -0.2) is 0 Å². The first kappa shape index (κ1) is 16.0. The van der Waals surface area contributed by atoms with Crippen LogP contribution in [0.3, 0.4) is 0 Å². The summed E-state index contributed by atoms with van der Waals surface area (Å²) >= 11 is 0. The highest BCUT2D eigenvalue weighted by Crippen LogP contribution is 2.61. The Morgan fingerprint density at radius 1 is 1.17 bits per heavy atom. The number of amides is 1. The van der Waals surface area contributed by atoms with Crippen LogP contribution < -0.4 is 5.73 Å². The first-order chi connectivity index (χ1) is 11.0. The molecule has 23 heavy (non-hydrogen) atoms. The van der Waals surface area contributed by atoms with E-state index in [0.29, 0.717) is 0 Å². The minimum absolute atomic E-state index is 0.0313. The predicted octanol–water partition coefficient (Wildman–Crippen LogP) is 2.06. The van der Waals surface area contributed by atoms with E-state index in [0.717, 1.165) is 43.6 Å². The summed E-state index contributed by atoms with van der Waals surface area (Å²) in [6.45, 7) is 2.13. The molecule has 4 bridgehead atoms. The summed E-state index contributed by atoms with van der Waals surface area (Å²) in [5.41, 5.74) is 6.70. The second kappa shape index (κ2) is 5.77. The van der Waals surface area contributed by atoms with Crippen molar-refractivity contribution < 1.29 is 9.82 Å². The number of hydrogen-bond acceptors (Lipinski definition) is 3. The second-order valence-electron chi connectivity index (χ2n) is 9.09. The molecule has 4 nitrogen and oxygen atoms in total. The Kier molecular flexibility index (Phi) is 4.00. The van der Waals surface area contributed by atoms with Gasteiger partial charge < -0.3 is 15.7 Å². The third-order valence-electron chi connectivity index (χ3n) is 7.40. The smallest absolute Gasteiger partial charge is 0.309 e. The van der Waals surface area contributed by atoms with Gasteiger partial charge in [-0.05, 0) is 74.5 Å². The van der Waals surface area contributed by atoms with Crippen molar-refractivity contribution in [3.63, 3.8) is 0 Å². The van der Waals surface area contributed by atoms with Crippen molar-refractivity contribution in [1.29, 1.82) is 0 Å². The molecule has 4 aliphatic carbocycles. The van der Waals surface area contributed by atoms with Gasteiger partial charge in [0.25, 0.3) is 0 Å². The molecule has 5 aliphatic rings. The Bertz CT molecular complexity index is 446. The average molecular weight is 318 g/mol. The van der Waals surface area contributed by atoms with Gasteiger partial charge in [0, 0.05) is 12.5 Å². The molecule has 0 unspecified atom stereocenters. The maximum atomic E-state index is 13.2. The van der Waals surface area contributed by atoms with E-state index >= 15 is 0 Å². The van der Waals surface area contributed by atoms with Crippen molar-refractivity contribution in [2.75, 3.05) is 6.54 Å². The number of nitrogens with two attached hydrogens (primary N) is 1. The molecule has 1 aliphatic heterocycles. The molecule has 2 atom stereocenters. The summed E-state index contributed by atoms with van der Waals surface area (Å²) in [6, 6.07) is -0.352. The van der Waals surface area contributed by atoms with Crippen molar-refractivity contribution in [1.82, 2.24) is 4.90 Å². The molecule has 0 aromatic heterocycles. The van der Waals surface area contributed by atoms with Gasteiger partial charge in [-0.2, -0.15) is 0 Å². The van der Waals surface area contributed by atoms with Gasteiger partial charge in [-0.1, -0.05) is 13.2 Å². The third kappa shape index (κ3) is 2.64. The lowest BCUT2D eigenvalue weighted by Crippen LogP contribution is -2.63. The van der Waals surface area contributed by atoms with Gasteiger partial charge in [0.15, 0.2) is 0 Å². The maximum Gasteiger partial charge on any atom is 0.309 e. The number of piperidine rings is 1. The molecule has 1 amide bonds. The lowest BCUT2D eigenvalue weighted by molar-refractivity contribution is -0.145. The molecule has 4 saturated carbocycles. The molecule has 5 fully saturated rings. The number of hydrogen-bond donors (Lipinski definition) is 2. The standard InChI is InChI=1S/C18H31BN2O2/c1-19(23)15-4-2-3-5-21(15)17(22)16(20)18-9-12-6-13(10-18)8-14(7-12)11-18/h12-16,23H,2-11,20H2,1H3/t12?,13?,14?,15-,16+,18?/m0/s1. The Labute approximate surface area is 140 Å². The van der Waals surface area contributed by atoms with Gasteiger partial charge in [0.1, 0.15) is 0 Å². The van der Waals surface area contributed by atoms with E-state index in [-0.39, 0.29) is 23.3 Å². The lowest BCUT2D eigenvalue weighted by atomic mass is 9.47. The van der Waals surface area contributed by atoms with E-state index in [1.165, 1.54) is 38.5 Å². The molecule has 0 aromatic carbocycles. The number of nitrogens with zero attached hydrogens (tertiary/aromatic N) is 1. The third-order valence-corrected chi connectivity index (χ3v) is 7.40. The number of likely N-dealkylation sites (tertiary alicyclic amines) is 1. The summed E-state index contributed by atoms with van der Waals surface area (Å²) in [6.07, 6.45) is 10.7. The molecule has 128 valence electrons. The first-order valence-electron chi connectivity index (χ1n) is 9.72. The van der Waals surface area contributed by atoms with Crippen LogP contribution in [0.1, 0.15) is 57.8 Å². The zero-order chi connectivity index (χ0) is 16.2. The fourth-order valence-electron chi connectivity index (χ4n) is 6.73. The molecule has 0 spiro atoms. The molecule has 5 rings (SSSR count). The van der Waals surface area contributed by atoms with Crippen LogP contribution in [0.5, 0.6) is 0 Å². The summed E-state index contributed by atoms with van der Waals surface area (Å²) < 4.78 is 0. The van der Waals surface area contributed by atoms with Crippen LogP contribution in [0.2, 0.25) is 6.82 Å². The van der Waals surface area contributed by atoms with Crippen LogP contribution in [-0.2, 0) is 4.79 Å². The van der Waals surface area contributed by atoms with Crippen LogP contribution in [0.25, 0.3) is 0 Å². The van der Waals surface area contributed by atoms with Crippen LogP contribution in [-0.4, -0.2) is 41.3 Å². The molecule has 1 heterocycles. The van der Waals surface area contributed by atoms with Gasteiger partial charge >= 0.3 is 6.92 Å².